The molecule has 2 aromatic heterocycles. The maximum atomic E-state index is 6.71. The first-order valence-electron chi connectivity index (χ1n) is 19.7. The number of furan rings is 1. The third kappa shape index (κ3) is 4.97. The molecule has 1 aliphatic rings. The molecule has 0 N–H and O–H groups in total. The molecule has 0 amide bonds. The lowest BCUT2D eigenvalue weighted by Crippen LogP contribution is -1.99. The summed E-state index contributed by atoms with van der Waals surface area (Å²) >= 11 is 0. The topological polar surface area (TPSA) is 18.1 Å². The Kier molecular flexibility index (Phi) is 7.02. The Balaban J connectivity index is 1.02. The summed E-state index contributed by atoms with van der Waals surface area (Å²) in [6.45, 7) is 0. The van der Waals surface area contributed by atoms with Crippen LogP contribution in [0.3, 0.4) is 0 Å². The zero-order chi connectivity index (χ0) is 37.5. The van der Waals surface area contributed by atoms with Crippen molar-refractivity contribution in [2.45, 2.75) is 5.92 Å². The summed E-state index contributed by atoms with van der Waals surface area (Å²) in [5.41, 5.74) is 19.1. The van der Waals surface area contributed by atoms with Crippen LogP contribution in [0.25, 0.3) is 93.9 Å². The van der Waals surface area contributed by atoms with Crippen LogP contribution in [-0.4, -0.2) is 4.57 Å². The minimum atomic E-state index is 0.175. The van der Waals surface area contributed by atoms with Gasteiger partial charge in [-0.2, -0.15) is 0 Å². The highest BCUT2D eigenvalue weighted by atomic mass is 16.3. The van der Waals surface area contributed by atoms with E-state index in [9.17, 15) is 0 Å². The Labute approximate surface area is 330 Å². The highest BCUT2D eigenvalue weighted by molar-refractivity contribution is 6.22. The molecule has 0 fully saturated rings. The zero-order valence-electron chi connectivity index (χ0n) is 31.1. The lowest BCUT2D eigenvalue weighted by atomic mass is 9.87. The smallest absolute Gasteiger partial charge is 0.160 e. The van der Waals surface area contributed by atoms with Crippen molar-refractivity contribution in [1.82, 2.24) is 4.57 Å². The molecule has 11 aromatic rings. The normalized spacial score (nSPS) is 13.4. The Morgan fingerprint density at radius 3 is 1.82 bits per heavy atom. The van der Waals surface area contributed by atoms with Gasteiger partial charge in [-0.3, -0.25) is 0 Å². The standard InChI is InChI=1S/C55H35NO/c1-3-12-35(13-4-1)37-22-26-42(27-23-37)56-51-31-25-40(34-50(51)47-29-30-48-44-19-9-10-21-52(44)57-55(48)54(47)56)39-24-28-46-49(33-39)43-18-7-8-20-45(43)53(46)41-17-11-16-38(32-41)36-14-5-2-6-15-36/h1-34,53H. The average molecular weight is 726 g/mol. The van der Waals surface area contributed by atoms with E-state index in [0.29, 0.717) is 0 Å². The molecule has 0 spiro atoms. The summed E-state index contributed by atoms with van der Waals surface area (Å²) in [5.74, 6) is 0.175. The quantitative estimate of drug-likeness (QED) is 0.173. The number of hydrogen-bond donors (Lipinski definition) is 0. The monoisotopic (exact) mass is 725 g/mol. The van der Waals surface area contributed by atoms with Gasteiger partial charge in [-0.05, 0) is 104 Å². The maximum Gasteiger partial charge on any atom is 0.160 e. The molecule has 2 heteroatoms. The number of fused-ring (bicyclic) bond motifs is 10. The second kappa shape index (κ2) is 12.6. The van der Waals surface area contributed by atoms with E-state index >= 15 is 0 Å². The van der Waals surface area contributed by atoms with Crippen LogP contribution in [0.4, 0.5) is 0 Å². The lowest BCUT2D eigenvalue weighted by molar-refractivity contribution is 0.671. The largest absolute Gasteiger partial charge is 0.454 e. The van der Waals surface area contributed by atoms with Gasteiger partial charge in [0.2, 0.25) is 0 Å². The second-order valence-corrected chi connectivity index (χ2v) is 15.2. The van der Waals surface area contributed by atoms with Gasteiger partial charge >= 0.3 is 0 Å². The van der Waals surface area contributed by atoms with Crippen LogP contribution in [0, 0.1) is 0 Å². The molecule has 57 heavy (non-hydrogen) atoms. The number of hydrogen-bond acceptors (Lipinski definition) is 1. The molecule has 12 rings (SSSR count). The minimum absolute atomic E-state index is 0.175. The predicted molar refractivity (Wildman–Crippen MR) is 237 cm³/mol. The highest BCUT2D eigenvalue weighted by Crippen LogP contribution is 2.50. The maximum absolute atomic E-state index is 6.71. The zero-order valence-corrected chi connectivity index (χ0v) is 31.1. The predicted octanol–water partition coefficient (Wildman–Crippen LogP) is 14.8. The number of aromatic nitrogens is 1. The molecule has 0 aliphatic heterocycles. The van der Waals surface area contributed by atoms with Gasteiger partial charge < -0.3 is 8.98 Å². The first kappa shape index (κ1) is 31.9. The molecule has 0 bridgehead atoms. The van der Waals surface area contributed by atoms with Crippen molar-refractivity contribution in [2.24, 2.45) is 0 Å². The summed E-state index contributed by atoms with van der Waals surface area (Å²) in [4.78, 5) is 0. The molecule has 1 aliphatic carbocycles. The number of rotatable bonds is 5. The van der Waals surface area contributed by atoms with Crippen molar-refractivity contribution in [3.05, 3.63) is 223 Å². The van der Waals surface area contributed by atoms with E-state index in [0.717, 1.165) is 38.7 Å². The van der Waals surface area contributed by atoms with Crippen LogP contribution in [-0.2, 0) is 0 Å². The van der Waals surface area contributed by atoms with E-state index < -0.39 is 0 Å². The fourth-order valence-electron chi connectivity index (χ4n) is 9.43. The fourth-order valence-corrected chi connectivity index (χ4v) is 9.43. The van der Waals surface area contributed by atoms with Gasteiger partial charge in [0.15, 0.2) is 5.58 Å². The van der Waals surface area contributed by atoms with E-state index in [1.807, 2.05) is 6.07 Å². The fraction of sp³-hybridized carbons (Fsp3) is 0.0182. The molecule has 0 saturated carbocycles. The number of para-hydroxylation sites is 1. The highest BCUT2D eigenvalue weighted by Gasteiger charge is 2.30. The van der Waals surface area contributed by atoms with Crippen LogP contribution >= 0.6 is 0 Å². The molecule has 0 saturated heterocycles. The summed E-state index contributed by atoms with van der Waals surface area (Å²) in [6, 6.07) is 75.1. The Hall–Kier alpha value is -7.42. The second-order valence-electron chi connectivity index (χ2n) is 15.2. The Morgan fingerprint density at radius 2 is 0.982 bits per heavy atom. The van der Waals surface area contributed by atoms with Gasteiger partial charge in [-0.15, -0.1) is 0 Å². The third-order valence-electron chi connectivity index (χ3n) is 12.1. The lowest BCUT2D eigenvalue weighted by Gasteiger charge is -2.16. The van der Waals surface area contributed by atoms with Gasteiger partial charge in [0.25, 0.3) is 0 Å². The summed E-state index contributed by atoms with van der Waals surface area (Å²) in [6.07, 6.45) is 0. The number of benzene rings is 9. The molecule has 1 unspecified atom stereocenters. The molecule has 1 atom stereocenters. The Morgan fingerprint density at radius 1 is 0.368 bits per heavy atom. The minimum Gasteiger partial charge on any atom is -0.454 e. The van der Waals surface area contributed by atoms with Crippen LogP contribution in [0.5, 0.6) is 0 Å². The average Bonchev–Trinajstić information content (AvgIpc) is 3.94. The van der Waals surface area contributed by atoms with Crippen molar-refractivity contribution >= 4 is 43.7 Å². The molecule has 2 heterocycles. The van der Waals surface area contributed by atoms with Crippen LogP contribution in [0.15, 0.2) is 211 Å². The van der Waals surface area contributed by atoms with Gasteiger partial charge in [-0.25, -0.2) is 0 Å². The molecular formula is C55H35NO. The van der Waals surface area contributed by atoms with E-state index in [-0.39, 0.29) is 5.92 Å². The summed E-state index contributed by atoms with van der Waals surface area (Å²) < 4.78 is 9.10. The van der Waals surface area contributed by atoms with Crippen molar-refractivity contribution in [3.63, 3.8) is 0 Å². The molecule has 9 aromatic carbocycles. The first-order chi connectivity index (χ1) is 28.3. The van der Waals surface area contributed by atoms with E-state index in [2.05, 4.69) is 205 Å². The Bertz CT molecular complexity index is 3330. The molecule has 266 valence electrons. The summed E-state index contributed by atoms with van der Waals surface area (Å²) in [5, 5.41) is 4.64. The summed E-state index contributed by atoms with van der Waals surface area (Å²) in [7, 11) is 0. The van der Waals surface area contributed by atoms with Crippen molar-refractivity contribution in [1.29, 1.82) is 0 Å². The van der Waals surface area contributed by atoms with Gasteiger partial charge in [0, 0.05) is 33.2 Å². The van der Waals surface area contributed by atoms with Crippen molar-refractivity contribution < 1.29 is 4.42 Å². The van der Waals surface area contributed by atoms with E-state index in [1.165, 1.54) is 72.0 Å². The van der Waals surface area contributed by atoms with Crippen LogP contribution < -0.4 is 0 Å². The van der Waals surface area contributed by atoms with Gasteiger partial charge in [-0.1, -0.05) is 164 Å². The first-order valence-corrected chi connectivity index (χ1v) is 19.7. The van der Waals surface area contributed by atoms with Crippen LogP contribution in [0.2, 0.25) is 0 Å². The molecule has 2 nitrogen and oxygen atoms in total. The third-order valence-corrected chi connectivity index (χ3v) is 12.1. The molecule has 0 radical (unpaired) electrons. The van der Waals surface area contributed by atoms with E-state index in [4.69, 9.17) is 4.42 Å². The van der Waals surface area contributed by atoms with E-state index in [1.54, 1.807) is 0 Å². The SMILES string of the molecule is c1ccc(-c2ccc(-n3c4ccc(-c5ccc6c(c5)-c5ccccc5C6c5cccc(-c6ccccc6)c5)cc4c4ccc5c6ccccc6oc5c43)cc2)cc1. The van der Waals surface area contributed by atoms with Crippen molar-refractivity contribution in [2.75, 3.05) is 0 Å². The van der Waals surface area contributed by atoms with Crippen molar-refractivity contribution in [3.8, 4) is 50.2 Å². The molecular weight excluding hydrogens is 691 g/mol. The van der Waals surface area contributed by atoms with Gasteiger partial charge in [0.05, 0.1) is 11.0 Å². The van der Waals surface area contributed by atoms with Gasteiger partial charge in [0.1, 0.15) is 5.58 Å². The number of nitrogens with zero attached hydrogens (tertiary/aromatic N) is 1. The van der Waals surface area contributed by atoms with Crippen LogP contribution in [0.1, 0.15) is 22.6 Å².